The second kappa shape index (κ2) is 5.37. The van der Waals surface area contributed by atoms with E-state index in [0.717, 1.165) is 5.69 Å². The van der Waals surface area contributed by atoms with Crippen LogP contribution in [0.5, 0.6) is 0 Å². The third kappa shape index (κ3) is 3.75. The molecule has 1 heterocycles. The highest BCUT2D eigenvalue weighted by molar-refractivity contribution is 5.77. The summed E-state index contributed by atoms with van der Waals surface area (Å²) >= 11 is 0. The summed E-state index contributed by atoms with van der Waals surface area (Å²) in [4.78, 5) is 14.0. The van der Waals surface area contributed by atoms with E-state index in [1.165, 1.54) is 0 Å². The molecule has 0 fully saturated rings. The molecule has 0 aliphatic heterocycles. The minimum atomic E-state index is 0.0362. The smallest absolute Gasteiger partial charge is 0.233 e. The first kappa shape index (κ1) is 9.80. The molecule has 72 valence electrons. The van der Waals surface area contributed by atoms with Gasteiger partial charge in [0.15, 0.2) is 0 Å². The molecule has 0 atom stereocenters. The molecular formula is C9H15N3O. The number of carbonyl (C=O) groups is 1. The summed E-state index contributed by atoms with van der Waals surface area (Å²) in [6.45, 7) is 3.66. The molecule has 0 bridgehead atoms. The van der Waals surface area contributed by atoms with Gasteiger partial charge >= 0.3 is 0 Å². The van der Waals surface area contributed by atoms with Gasteiger partial charge in [-0.05, 0) is 19.1 Å². The largest absolute Gasteiger partial charge is 0.364 e. The van der Waals surface area contributed by atoms with Crippen molar-refractivity contribution in [2.24, 2.45) is 0 Å². The van der Waals surface area contributed by atoms with Crippen LogP contribution in [0, 0.1) is 0 Å². The van der Waals surface area contributed by atoms with Crippen molar-refractivity contribution in [2.45, 2.75) is 13.5 Å². The lowest BCUT2D eigenvalue weighted by atomic mass is 10.4. The van der Waals surface area contributed by atoms with Crippen LogP contribution in [-0.4, -0.2) is 24.0 Å². The average molecular weight is 181 g/mol. The van der Waals surface area contributed by atoms with Gasteiger partial charge in [-0.2, -0.15) is 0 Å². The molecule has 0 aliphatic carbocycles. The lowest BCUT2D eigenvalue weighted by Gasteiger charge is -2.03. The van der Waals surface area contributed by atoms with Crippen molar-refractivity contribution < 1.29 is 4.79 Å². The number of likely N-dealkylation sites (N-methyl/N-ethyl adjacent to an activating group) is 1. The van der Waals surface area contributed by atoms with Crippen molar-refractivity contribution in [3.8, 4) is 0 Å². The van der Waals surface area contributed by atoms with E-state index >= 15 is 0 Å². The maximum Gasteiger partial charge on any atom is 0.233 e. The second-order valence-corrected chi connectivity index (χ2v) is 2.75. The predicted octanol–water partition coefficient (Wildman–Crippen LogP) is 0.240. The van der Waals surface area contributed by atoms with Gasteiger partial charge in [-0.15, -0.1) is 0 Å². The zero-order valence-corrected chi connectivity index (χ0v) is 7.76. The van der Waals surface area contributed by atoms with E-state index in [1.54, 1.807) is 0 Å². The topological polar surface area (TPSA) is 56.9 Å². The molecule has 0 radical (unpaired) electrons. The highest BCUT2D eigenvalue weighted by Crippen LogP contribution is 1.91. The normalized spacial score (nSPS) is 9.92. The van der Waals surface area contributed by atoms with Crippen molar-refractivity contribution in [2.75, 3.05) is 13.1 Å². The first-order valence-electron chi connectivity index (χ1n) is 4.42. The SMILES string of the molecule is CCNC(=O)CNCc1ccc[nH]1. The van der Waals surface area contributed by atoms with Gasteiger partial charge in [-0.3, -0.25) is 4.79 Å². The fraction of sp³-hybridized carbons (Fsp3) is 0.444. The van der Waals surface area contributed by atoms with Crippen LogP contribution >= 0.6 is 0 Å². The second-order valence-electron chi connectivity index (χ2n) is 2.75. The van der Waals surface area contributed by atoms with Crippen LogP contribution < -0.4 is 10.6 Å². The molecule has 3 N–H and O–H groups in total. The van der Waals surface area contributed by atoms with Crippen molar-refractivity contribution in [1.29, 1.82) is 0 Å². The molecule has 1 aromatic rings. The molecule has 0 saturated heterocycles. The molecule has 1 amide bonds. The van der Waals surface area contributed by atoms with Gasteiger partial charge < -0.3 is 15.6 Å². The van der Waals surface area contributed by atoms with Crippen LogP contribution in [0.15, 0.2) is 18.3 Å². The lowest BCUT2D eigenvalue weighted by molar-refractivity contribution is -0.120. The van der Waals surface area contributed by atoms with Crippen LogP contribution in [0.2, 0.25) is 0 Å². The van der Waals surface area contributed by atoms with E-state index in [-0.39, 0.29) is 5.91 Å². The van der Waals surface area contributed by atoms with Gasteiger partial charge in [0, 0.05) is 25.0 Å². The summed E-state index contributed by atoms with van der Waals surface area (Å²) in [5.41, 5.74) is 1.09. The van der Waals surface area contributed by atoms with Crippen LogP contribution in [0.1, 0.15) is 12.6 Å². The maximum atomic E-state index is 11.0. The summed E-state index contributed by atoms with van der Waals surface area (Å²) in [6.07, 6.45) is 1.86. The fourth-order valence-electron chi connectivity index (χ4n) is 1.05. The Morgan fingerprint density at radius 1 is 1.62 bits per heavy atom. The number of aromatic amines is 1. The number of amides is 1. The van der Waals surface area contributed by atoms with E-state index in [0.29, 0.717) is 19.6 Å². The molecular weight excluding hydrogens is 166 g/mol. The van der Waals surface area contributed by atoms with Crippen molar-refractivity contribution in [3.05, 3.63) is 24.0 Å². The van der Waals surface area contributed by atoms with E-state index in [9.17, 15) is 4.79 Å². The highest BCUT2D eigenvalue weighted by Gasteiger charge is 1.97. The standard InChI is InChI=1S/C9H15N3O/c1-2-11-9(13)7-10-6-8-4-3-5-12-8/h3-5,10,12H,2,6-7H2,1H3,(H,11,13). The summed E-state index contributed by atoms with van der Waals surface area (Å²) in [6, 6.07) is 3.91. The van der Waals surface area contributed by atoms with Crippen molar-refractivity contribution in [1.82, 2.24) is 15.6 Å². The summed E-state index contributed by atoms with van der Waals surface area (Å²) < 4.78 is 0. The average Bonchev–Trinajstić information content (AvgIpc) is 2.57. The summed E-state index contributed by atoms with van der Waals surface area (Å²) in [5.74, 6) is 0.0362. The predicted molar refractivity (Wildman–Crippen MR) is 51.2 cm³/mol. The van der Waals surface area contributed by atoms with Gasteiger partial charge in [-0.25, -0.2) is 0 Å². The van der Waals surface area contributed by atoms with Gasteiger partial charge in [0.2, 0.25) is 5.91 Å². The molecule has 13 heavy (non-hydrogen) atoms. The Labute approximate surface area is 77.7 Å². The van der Waals surface area contributed by atoms with Gasteiger partial charge in [0.1, 0.15) is 0 Å². The molecule has 0 spiro atoms. The summed E-state index contributed by atoms with van der Waals surface area (Å²) in [5, 5.41) is 5.74. The van der Waals surface area contributed by atoms with E-state index < -0.39 is 0 Å². The molecule has 0 unspecified atom stereocenters. The quantitative estimate of drug-likeness (QED) is 0.609. The van der Waals surface area contributed by atoms with Crippen LogP contribution in [-0.2, 0) is 11.3 Å². The van der Waals surface area contributed by atoms with E-state index in [2.05, 4.69) is 15.6 Å². The maximum absolute atomic E-state index is 11.0. The molecule has 1 aromatic heterocycles. The van der Waals surface area contributed by atoms with E-state index in [4.69, 9.17) is 0 Å². The Balaban J connectivity index is 2.11. The Morgan fingerprint density at radius 2 is 2.46 bits per heavy atom. The zero-order valence-electron chi connectivity index (χ0n) is 7.76. The Morgan fingerprint density at radius 3 is 3.08 bits per heavy atom. The number of H-pyrrole nitrogens is 1. The minimum absolute atomic E-state index is 0.0362. The molecule has 1 rings (SSSR count). The number of hydrogen-bond acceptors (Lipinski definition) is 2. The fourth-order valence-corrected chi connectivity index (χ4v) is 1.05. The monoisotopic (exact) mass is 181 g/mol. The van der Waals surface area contributed by atoms with Gasteiger partial charge in [-0.1, -0.05) is 0 Å². The molecule has 4 heteroatoms. The van der Waals surface area contributed by atoms with Gasteiger partial charge in [0.05, 0.1) is 6.54 Å². The Kier molecular flexibility index (Phi) is 4.05. The van der Waals surface area contributed by atoms with Crippen molar-refractivity contribution in [3.63, 3.8) is 0 Å². The number of nitrogens with one attached hydrogen (secondary N) is 3. The minimum Gasteiger partial charge on any atom is -0.364 e. The molecule has 0 saturated carbocycles. The third-order valence-corrected chi connectivity index (χ3v) is 1.64. The van der Waals surface area contributed by atoms with Crippen LogP contribution in [0.3, 0.4) is 0 Å². The lowest BCUT2D eigenvalue weighted by Crippen LogP contribution is -2.33. The molecule has 4 nitrogen and oxygen atoms in total. The Bertz CT molecular complexity index is 243. The highest BCUT2D eigenvalue weighted by atomic mass is 16.1. The first-order chi connectivity index (χ1) is 6.33. The van der Waals surface area contributed by atoms with Gasteiger partial charge in [0.25, 0.3) is 0 Å². The Hall–Kier alpha value is -1.29. The van der Waals surface area contributed by atoms with E-state index in [1.807, 2.05) is 25.3 Å². The molecule has 0 aromatic carbocycles. The van der Waals surface area contributed by atoms with Crippen LogP contribution in [0.25, 0.3) is 0 Å². The van der Waals surface area contributed by atoms with Crippen LogP contribution in [0.4, 0.5) is 0 Å². The third-order valence-electron chi connectivity index (χ3n) is 1.64. The number of rotatable bonds is 5. The zero-order chi connectivity index (χ0) is 9.52. The van der Waals surface area contributed by atoms with Crippen molar-refractivity contribution >= 4 is 5.91 Å². The number of aromatic nitrogens is 1. The summed E-state index contributed by atoms with van der Waals surface area (Å²) in [7, 11) is 0. The first-order valence-corrected chi connectivity index (χ1v) is 4.42. The number of carbonyl (C=O) groups excluding carboxylic acids is 1. The number of hydrogen-bond donors (Lipinski definition) is 3. The molecule has 0 aliphatic rings.